The van der Waals surface area contributed by atoms with Crippen molar-refractivity contribution in [2.24, 2.45) is 7.05 Å². The highest BCUT2D eigenvalue weighted by Crippen LogP contribution is 2.24. The molecule has 0 bridgehead atoms. The summed E-state index contributed by atoms with van der Waals surface area (Å²) in [6.45, 7) is 5.17. The van der Waals surface area contributed by atoms with Crippen molar-refractivity contribution in [1.29, 1.82) is 0 Å². The summed E-state index contributed by atoms with van der Waals surface area (Å²) in [5, 5.41) is 5.80. The van der Waals surface area contributed by atoms with Crippen molar-refractivity contribution in [2.75, 3.05) is 32.8 Å². The molecule has 2 aromatic rings. The van der Waals surface area contributed by atoms with Gasteiger partial charge < -0.3 is 15.0 Å². The summed E-state index contributed by atoms with van der Waals surface area (Å²) in [5.41, 5.74) is 2.38. The molecule has 2 N–H and O–H groups in total. The second kappa shape index (κ2) is 10.0. The van der Waals surface area contributed by atoms with Gasteiger partial charge in [-0.15, -0.1) is 0 Å². The van der Waals surface area contributed by atoms with Gasteiger partial charge in [-0.1, -0.05) is 6.07 Å². The molecule has 2 amide bonds. The number of amides is 2. The van der Waals surface area contributed by atoms with Crippen LogP contribution in [0.2, 0.25) is 0 Å². The lowest BCUT2D eigenvalue weighted by Gasteiger charge is -2.39. The van der Waals surface area contributed by atoms with Crippen molar-refractivity contribution in [3.63, 3.8) is 0 Å². The average molecular weight is 470 g/mol. The molecule has 1 aromatic heterocycles. The number of carbonyl (C=O) groups excluding carboxylic acids is 2. The molecule has 1 unspecified atom stereocenters. The van der Waals surface area contributed by atoms with E-state index >= 15 is 0 Å². The lowest BCUT2D eigenvalue weighted by atomic mass is 10.00. The third kappa shape index (κ3) is 4.69. The van der Waals surface area contributed by atoms with Crippen molar-refractivity contribution in [1.82, 2.24) is 24.7 Å². The van der Waals surface area contributed by atoms with Crippen LogP contribution in [0.3, 0.4) is 0 Å². The minimum Gasteiger partial charge on any atom is -0.378 e. The number of nitrogens with zero attached hydrogens (tertiary/aromatic N) is 3. The Morgan fingerprint density at radius 1 is 1.00 bits per heavy atom. The lowest BCUT2D eigenvalue weighted by molar-refractivity contribution is -0.135. The highest BCUT2D eigenvalue weighted by molar-refractivity contribution is 6.00. The molecule has 0 radical (unpaired) electrons. The average Bonchev–Trinajstić information content (AvgIpc) is 3.10. The first-order chi connectivity index (χ1) is 16.5. The highest BCUT2D eigenvalue weighted by atomic mass is 16.5. The van der Waals surface area contributed by atoms with E-state index in [9.17, 15) is 14.4 Å². The van der Waals surface area contributed by atoms with Gasteiger partial charge in [0.05, 0.1) is 23.7 Å². The van der Waals surface area contributed by atoms with Crippen LogP contribution in [-0.4, -0.2) is 70.8 Å². The van der Waals surface area contributed by atoms with Crippen molar-refractivity contribution < 1.29 is 14.3 Å². The molecule has 9 nitrogen and oxygen atoms in total. The zero-order valence-corrected chi connectivity index (χ0v) is 19.9. The van der Waals surface area contributed by atoms with E-state index in [2.05, 4.69) is 15.5 Å². The maximum Gasteiger partial charge on any atom is 0.329 e. The fourth-order valence-electron chi connectivity index (χ4n) is 5.72. The number of aromatic nitrogens is 2. The fraction of sp³-hybridized carbons (Fsp3) is 0.640. The monoisotopic (exact) mass is 469 g/mol. The summed E-state index contributed by atoms with van der Waals surface area (Å²) in [4.78, 5) is 39.4. The van der Waals surface area contributed by atoms with Gasteiger partial charge >= 0.3 is 5.69 Å². The molecule has 0 aliphatic carbocycles. The minimum atomic E-state index is -0.654. The molecular weight excluding hydrogens is 434 g/mol. The molecular formula is C25H35N5O4. The Labute approximate surface area is 199 Å². The molecule has 184 valence electrons. The predicted octanol–water partition coefficient (Wildman–Crippen LogP) is 1.09. The van der Waals surface area contributed by atoms with E-state index in [1.54, 1.807) is 11.6 Å². The first kappa shape index (κ1) is 23.3. The quantitative estimate of drug-likeness (QED) is 0.615. The van der Waals surface area contributed by atoms with Crippen LogP contribution in [0.5, 0.6) is 0 Å². The summed E-state index contributed by atoms with van der Waals surface area (Å²) in [6, 6.07) is 6.01. The molecule has 1 atom stereocenters. The van der Waals surface area contributed by atoms with E-state index in [4.69, 9.17) is 4.74 Å². The molecule has 3 aliphatic rings. The van der Waals surface area contributed by atoms with Gasteiger partial charge in [-0.05, 0) is 69.3 Å². The largest absolute Gasteiger partial charge is 0.378 e. The minimum absolute atomic E-state index is 0.238. The third-order valence-corrected chi connectivity index (χ3v) is 7.72. The van der Waals surface area contributed by atoms with Crippen LogP contribution in [0.25, 0.3) is 11.0 Å². The van der Waals surface area contributed by atoms with Crippen LogP contribution in [0.1, 0.15) is 50.1 Å². The zero-order valence-electron chi connectivity index (χ0n) is 19.9. The van der Waals surface area contributed by atoms with Crippen LogP contribution < -0.4 is 16.3 Å². The number of nitrogens with one attached hydrogen (secondary N) is 2. The van der Waals surface area contributed by atoms with Crippen LogP contribution in [0, 0.1) is 0 Å². The Kier molecular flexibility index (Phi) is 6.85. The highest BCUT2D eigenvalue weighted by Gasteiger charge is 2.31. The zero-order chi connectivity index (χ0) is 23.7. The summed E-state index contributed by atoms with van der Waals surface area (Å²) in [6.07, 6.45) is 6.37. The van der Waals surface area contributed by atoms with Gasteiger partial charge in [0.1, 0.15) is 6.04 Å². The van der Waals surface area contributed by atoms with E-state index < -0.39 is 11.9 Å². The topological polar surface area (TPSA) is 97.6 Å². The summed E-state index contributed by atoms with van der Waals surface area (Å²) in [5.74, 6) is -0.691. The number of hydrogen-bond donors (Lipinski definition) is 2. The Morgan fingerprint density at radius 2 is 1.76 bits per heavy atom. The molecule has 9 heteroatoms. The Balaban J connectivity index is 1.19. The smallest absolute Gasteiger partial charge is 0.329 e. The number of imidazole rings is 1. The van der Waals surface area contributed by atoms with Crippen molar-refractivity contribution in [3.8, 4) is 0 Å². The van der Waals surface area contributed by atoms with E-state index in [0.29, 0.717) is 19.1 Å². The Morgan fingerprint density at radius 3 is 2.50 bits per heavy atom. The van der Waals surface area contributed by atoms with Crippen molar-refractivity contribution in [3.05, 3.63) is 34.2 Å². The van der Waals surface area contributed by atoms with E-state index in [-0.39, 0.29) is 18.0 Å². The number of ether oxygens (including phenoxy) is 1. The van der Waals surface area contributed by atoms with E-state index in [1.807, 2.05) is 18.2 Å². The van der Waals surface area contributed by atoms with Gasteiger partial charge in [-0.25, -0.2) is 4.79 Å². The number of piperidine rings is 3. The molecule has 3 saturated heterocycles. The maximum atomic E-state index is 12.9. The fourth-order valence-corrected chi connectivity index (χ4v) is 5.72. The molecule has 1 aromatic carbocycles. The van der Waals surface area contributed by atoms with Crippen LogP contribution >= 0.6 is 0 Å². The first-order valence-corrected chi connectivity index (χ1v) is 12.6. The number of carbonyl (C=O) groups is 2. The number of benzene rings is 1. The summed E-state index contributed by atoms with van der Waals surface area (Å²) >= 11 is 0. The van der Waals surface area contributed by atoms with Gasteiger partial charge in [0, 0.05) is 32.6 Å². The van der Waals surface area contributed by atoms with Gasteiger partial charge in [0.2, 0.25) is 11.8 Å². The van der Waals surface area contributed by atoms with Gasteiger partial charge in [0.25, 0.3) is 0 Å². The summed E-state index contributed by atoms with van der Waals surface area (Å²) < 4.78 is 9.32. The maximum absolute atomic E-state index is 12.9. The lowest BCUT2D eigenvalue weighted by Crippen LogP contribution is -2.47. The molecule has 34 heavy (non-hydrogen) atoms. The molecule has 4 heterocycles. The molecule has 5 rings (SSSR count). The molecule has 0 spiro atoms. The number of aryl methyl sites for hydroxylation is 1. The number of rotatable bonds is 6. The second-order valence-corrected chi connectivity index (χ2v) is 9.84. The van der Waals surface area contributed by atoms with Crippen molar-refractivity contribution in [2.45, 2.75) is 63.1 Å². The first-order valence-electron chi connectivity index (χ1n) is 12.6. The number of hydrogen-bond acceptors (Lipinski definition) is 6. The standard InChI is InChI=1S/C25H35N5O4/c1-28-22-16-17(2-3-20(22)30(25(28)33)21-4-5-23(31)27-24(21)32)10-15-34-19-8-13-29(14-9-19)18-6-11-26-12-7-18/h2-3,16,18-19,21,26H,4-15H2,1H3,(H,27,31,32). The van der Waals surface area contributed by atoms with Crippen LogP contribution in [0.4, 0.5) is 0 Å². The molecule has 3 fully saturated rings. The Hall–Kier alpha value is -2.49. The van der Waals surface area contributed by atoms with Gasteiger partial charge in [-0.2, -0.15) is 0 Å². The van der Waals surface area contributed by atoms with Crippen LogP contribution in [-0.2, 0) is 27.8 Å². The molecule has 3 aliphatic heterocycles. The Bertz CT molecular complexity index is 1110. The number of fused-ring (bicyclic) bond motifs is 1. The van der Waals surface area contributed by atoms with Gasteiger partial charge in [-0.3, -0.25) is 24.0 Å². The van der Waals surface area contributed by atoms with E-state index in [1.165, 1.54) is 17.4 Å². The van der Waals surface area contributed by atoms with E-state index in [0.717, 1.165) is 68.1 Å². The molecule has 0 saturated carbocycles. The summed E-state index contributed by atoms with van der Waals surface area (Å²) in [7, 11) is 1.73. The number of imide groups is 1. The normalized spacial score (nSPS) is 23.5. The van der Waals surface area contributed by atoms with Crippen molar-refractivity contribution >= 4 is 22.8 Å². The predicted molar refractivity (Wildman–Crippen MR) is 129 cm³/mol. The SMILES string of the molecule is Cn1c(=O)n(C2CCC(=O)NC2=O)c2ccc(CCOC3CCN(C4CCNCC4)CC3)cc21. The van der Waals surface area contributed by atoms with Crippen LogP contribution in [0.15, 0.2) is 23.0 Å². The van der Waals surface area contributed by atoms with Gasteiger partial charge in [0.15, 0.2) is 0 Å². The number of likely N-dealkylation sites (tertiary alicyclic amines) is 1. The second-order valence-electron chi connectivity index (χ2n) is 9.84. The third-order valence-electron chi connectivity index (χ3n) is 7.72.